The Hall–Kier alpha value is -0.530. The molecule has 0 heterocycles. The van der Waals surface area contributed by atoms with Gasteiger partial charge >= 0.3 is 0 Å². The first-order valence-corrected chi connectivity index (χ1v) is 7.42. The molecule has 0 bridgehead atoms. The van der Waals surface area contributed by atoms with E-state index in [9.17, 15) is 0 Å². The Labute approximate surface area is 117 Å². The maximum Gasteiger partial charge on any atom is 0.0291 e. The number of halogens is 1. The smallest absolute Gasteiger partial charge is 0.0291 e. The first-order valence-electron chi connectivity index (χ1n) is 6.89. The van der Waals surface area contributed by atoms with Gasteiger partial charge in [-0.3, -0.25) is 0 Å². The van der Waals surface area contributed by atoms with Crippen molar-refractivity contribution in [3.63, 3.8) is 0 Å². The molecule has 2 heteroatoms. The van der Waals surface area contributed by atoms with Crippen molar-refractivity contribution in [1.29, 1.82) is 0 Å². The van der Waals surface area contributed by atoms with Gasteiger partial charge in [0.15, 0.2) is 0 Å². The first kappa shape index (κ1) is 15.5. The van der Waals surface area contributed by atoms with Gasteiger partial charge in [0, 0.05) is 19.0 Å². The molecule has 1 aromatic rings. The molecule has 0 saturated carbocycles. The third kappa shape index (κ3) is 4.29. The van der Waals surface area contributed by atoms with Gasteiger partial charge in [-0.1, -0.05) is 43.2 Å². The van der Waals surface area contributed by atoms with E-state index >= 15 is 0 Å². The summed E-state index contributed by atoms with van der Waals surface area (Å²) >= 11 is 6.12. The molecule has 0 aliphatic carbocycles. The fourth-order valence-electron chi connectivity index (χ4n) is 2.38. The van der Waals surface area contributed by atoms with Crippen LogP contribution in [-0.4, -0.2) is 12.4 Å². The first-order chi connectivity index (χ1) is 8.55. The Kier molecular flexibility index (Phi) is 6.17. The van der Waals surface area contributed by atoms with E-state index in [0.717, 1.165) is 31.8 Å². The maximum absolute atomic E-state index is 6.12. The van der Waals surface area contributed by atoms with Crippen LogP contribution in [0.1, 0.15) is 43.4 Å². The predicted molar refractivity (Wildman–Crippen MR) is 81.4 cm³/mol. The second kappa shape index (κ2) is 7.16. The number of hydrogen-bond acceptors (Lipinski definition) is 1. The third-order valence-electron chi connectivity index (χ3n) is 3.89. The number of aryl methyl sites for hydroxylation is 2. The largest absolute Gasteiger partial charge is 0.312 e. The van der Waals surface area contributed by atoms with Crippen molar-refractivity contribution >= 4 is 11.6 Å². The SMILES string of the molecule is CCC(CC)(CCl)CNCc1cc(C)cc(C)c1. The molecule has 0 atom stereocenters. The zero-order valence-corrected chi connectivity index (χ0v) is 12.9. The summed E-state index contributed by atoms with van der Waals surface area (Å²) in [7, 11) is 0. The van der Waals surface area contributed by atoms with Gasteiger partial charge in [-0.25, -0.2) is 0 Å². The second-order valence-electron chi connectivity index (χ2n) is 5.44. The number of benzene rings is 1. The summed E-state index contributed by atoms with van der Waals surface area (Å²) in [4.78, 5) is 0. The highest BCUT2D eigenvalue weighted by Gasteiger charge is 2.24. The van der Waals surface area contributed by atoms with E-state index in [-0.39, 0.29) is 5.41 Å². The number of alkyl halides is 1. The number of nitrogens with one attached hydrogen (secondary N) is 1. The van der Waals surface area contributed by atoms with Gasteiger partial charge in [0.2, 0.25) is 0 Å². The van der Waals surface area contributed by atoms with Crippen LogP contribution < -0.4 is 5.32 Å². The van der Waals surface area contributed by atoms with E-state index < -0.39 is 0 Å². The zero-order valence-electron chi connectivity index (χ0n) is 12.1. The topological polar surface area (TPSA) is 12.0 Å². The monoisotopic (exact) mass is 267 g/mol. The van der Waals surface area contributed by atoms with Crippen LogP contribution in [0.4, 0.5) is 0 Å². The van der Waals surface area contributed by atoms with E-state index in [0.29, 0.717) is 0 Å². The Morgan fingerprint density at radius 1 is 1.06 bits per heavy atom. The Morgan fingerprint density at radius 2 is 1.61 bits per heavy atom. The Morgan fingerprint density at radius 3 is 2.06 bits per heavy atom. The molecule has 0 radical (unpaired) electrons. The summed E-state index contributed by atoms with van der Waals surface area (Å²) in [6.45, 7) is 10.7. The predicted octanol–water partition coefficient (Wildman–Crippen LogP) is 4.44. The van der Waals surface area contributed by atoms with Gasteiger partial charge in [0.1, 0.15) is 0 Å². The van der Waals surface area contributed by atoms with Crippen molar-refractivity contribution in [3.05, 3.63) is 34.9 Å². The average Bonchev–Trinajstić information content (AvgIpc) is 2.34. The van der Waals surface area contributed by atoms with Crippen molar-refractivity contribution in [2.24, 2.45) is 5.41 Å². The third-order valence-corrected chi connectivity index (χ3v) is 4.46. The molecule has 1 aromatic carbocycles. The van der Waals surface area contributed by atoms with Gasteiger partial charge in [-0.05, 0) is 37.7 Å². The molecule has 0 spiro atoms. The summed E-state index contributed by atoms with van der Waals surface area (Å²) in [5.74, 6) is 0.736. The van der Waals surface area contributed by atoms with Crippen LogP contribution in [-0.2, 0) is 6.54 Å². The van der Waals surface area contributed by atoms with Crippen LogP contribution in [0.5, 0.6) is 0 Å². The number of hydrogen-bond donors (Lipinski definition) is 1. The molecule has 1 rings (SSSR count). The standard InChI is InChI=1S/C16H26ClN/c1-5-16(6-2,11-17)12-18-10-15-8-13(3)7-14(4)9-15/h7-9,18H,5-6,10-12H2,1-4H3. The molecule has 1 N–H and O–H groups in total. The lowest BCUT2D eigenvalue weighted by molar-refractivity contribution is 0.286. The highest BCUT2D eigenvalue weighted by atomic mass is 35.5. The molecule has 102 valence electrons. The van der Waals surface area contributed by atoms with Crippen LogP contribution in [0.25, 0.3) is 0 Å². The molecular formula is C16H26ClN. The average molecular weight is 268 g/mol. The highest BCUT2D eigenvalue weighted by molar-refractivity contribution is 6.18. The summed E-state index contributed by atoms with van der Waals surface area (Å²) in [5, 5.41) is 3.57. The lowest BCUT2D eigenvalue weighted by Crippen LogP contribution is -2.34. The Bertz CT molecular complexity index is 341. The summed E-state index contributed by atoms with van der Waals surface area (Å²) in [6, 6.07) is 6.71. The van der Waals surface area contributed by atoms with E-state index in [2.05, 4.69) is 51.2 Å². The van der Waals surface area contributed by atoms with E-state index in [1.54, 1.807) is 0 Å². The lowest BCUT2D eigenvalue weighted by atomic mass is 9.84. The van der Waals surface area contributed by atoms with Crippen LogP contribution >= 0.6 is 11.6 Å². The highest BCUT2D eigenvalue weighted by Crippen LogP contribution is 2.27. The van der Waals surface area contributed by atoms with Crippen LogP contribution in [0.15, 0.2) is 18.2 Å². The molecule has 0 saturated heterocycles. The quantitative estimate of drug-likeness (QED) is 0.721. The van der Waals surface area contributed by atoms with Gasteiger partial charge in [0.05, 0.1) is 0 Å². The zero-order chi connectivity index (χ0) is 13.6. The fourth-order valence-corrected chi connectivity index (χ4v) is 2.85. The summed E-state index contributed by atoms with van der Waals surface area (Å²) < 4.78 is 0. The molecule has 0 aromatic heterocycles. The molecule has 0 fully saturated rings. The van der Waals surface area contributed by atoms with Crippen molar-refractivity contribution in [2.75, 3.05) is 12.4 Å². The molecule has 18 heavy (non-hydrogen) atoms. The van der Waals surface area contributed by atoms with E-state index in [4.69, 9.17) is 11.6 Å². The van der Waals surface area contributed by atoms with Crippen molar-refractivity contribution < 1.29 is 0 Å². The van der Waals surface area contributed by atoms with Crippen LogP contribution in [0.3, 0.4) is 0 Å². The van der Waals surface area contributed by atoms with Gasteiger partial charge in [-0.2, -0.15) is 0 Å². The Balaban J connectivity index is 2.55. The molecule has 0 aliphatic heterocycles. The van der Waals surface area contributed by atoms with Crippen LogP contribution in [0, 0.1) is 19.3 Å². The van der Waals surface area contributed by atoms with Gasteiger partial charge in [0.25, 0.3) is 0 Å². The maximum atomic E-state index is 6.12. The van der Waals surface area contributed by atoms with Crippen molar-refractivity contribution in [2.45, 2.75) is 47.1 Å². The van der Waals surface area contributed by atoms with Crippen molar-refractivity contribution in [3.8, 4) is 0 Å². The van der Waals surface area contributed by atoms with Gasteiger partial charge < -0.3 is 5.32 Å². The van der Waals surface area contributed by atoms with E-state index in [1.807, 2.05) is 0 Å². The van der Waals surface area contributed by atoms with Crippen molar-refractivity contribution in [1.82, 2.24) is 5.32 Å². The van der Waals surface area contributed by atoms with E-state index in [1.165, 1.54) is 16.7 Å². The second-order valence-corrected chi connectivity index (χ2v) is 5.71. The minimum absolute atomic E-state index is 0.250. The number of rotatable bonds is 7. The minimum Gasteiger partial charge on any atom is -0.312 e. The normalized spacial score (nSPS) is 11.8. The molecular weight excluding hydrogens is 242 g/mol. The minimum atomic E-state index is 0.250. The molecule has 1 nitrogen and oxygen atoms in total. The molecule has 0 amide bonds. The summed E-state index contributed by atoms with van der Waals surface area (Å²) in [5.41, 5.74) is 4.28. The van der Waals surface area contributed by atoms with Gasteiger partial charge in [-0.15, -0.1) is 11.6 Å². The van der Waals surface area contributed by atoms with Crippen LogP contribution in [0.2, 0.25) is 0 Å². The summed E-state index contributed by atoms with van der Waals surface area (Å²) in [6.07, 6.45) is 2.26. The molecule has 0 aliphatic rings. The lowest BCUT2D eigenvalue weighted by Gasteiger charge is -2.29. The molecule has 0 unspecified atom stereocenters. The fraction of sp³-hybridized carbons (Fsp3) is 0.625.